The van der Waals surface area contributed by atoms with Crippen LogP contribution in [0, 0.1) is 0 Å². The molecule has 0 aliphatic rings. The van der Waals surface area contributed by atoms with Crippen LogP contribution in [0.5, 0.6) is 0 Å². The van der Waals surface area contributed by atoms with Crippen molar-refractivity contribution in [2.45, 2.75) is 283 Å². The first-order chi connectivity index (χ1) is 28.5. The van der Waals surface area contributed by atoms with Crippen LogP contribution in [0.3, 0.4) is 0 Å². The molecule has 6 heteroatoms. The van der Waals surface area contributed by atoms with Crippen molar-refractivity contribution < 1.29 is 24.5 Å². The maximum atomic E-state index is 12.4. The van der Waals surface area contributed by atoms with Crippen LogP contribution in [0.1, 0.15) is 271 Å². The lowest BCUT2D eigenvalue weighted by Gasteiger charge is -2.19. The molecule has 0 bridgehead atoms. The van der Waals surface area contributed by atoms with Crippen molar-refractivity contribution in [1.29, 1.82) is 0 Å². The number of hydrogen-bond donors (Lipinski definition) is 3. The van der Waals surface area contributed by atoms with Crippen LogP contribution in [0.25, 0.3) is 0 Å². The predicted molar refractivity (Wildman–Crippen MR) is 250 cm³/mol. The number of allylic oxidation sites excluding steroid dienone is 3. The molecule has 3 N–H and O–H groups in total. The summed E-state index contributed by atoms with van der Waals surface area (Å²) in [6.07, 6.45) is 56.1. The topological polar surface area (TPSA) is 95.9 Å². The van der Waals surface area contributed by atoms with E-state index in [9.17, 15) is 19.8 Å². The molecule has 0 spiro atoms. The second kappa shape index (κ2) is 48.0. The standard InChI is InChI=1S/C52H99NO5/c1-3-5-7-9-11-13-15-17-18-19-20-21-22-24-25-28-32-36-40-44-50(55)49(48-54)53-51(56)45-41-37-33-29-27-31-35-39-43-47-58-52(57)46-42-38-34-30-26-23-16-14-12-10-8-6-4-2/h29,33,40,44,49-50,54-55H,3-28,30-32,34-39,41-43,45-48H2,1-2H3,(H,53,56)/b33-29-,44-40+. The Balaban J connectivity index is 3.58. The molecule has 0 rings (SSSR count). The maximum Gasteiger partial charge on any atom is 0.305 e. The quantitative estimate of drug-likeness (QED) is 0.0323. The highest BCUT2D eigenvalue weighted by Crippen LogP contribution is 2.16. The summed E-state index contributed by atoms with van der Waals surface area (Å²) in [5.74, 6) is -0.163. The van der Waals surface area contributed by atoms with Crippen LogP contribution < -0.4 is 5.32 Å². The van der Waals surface area contributed by atoms with Crippen molar-refractivity contribution in [2.75, 3.05) is 13.2 Å². The third-order valence-corrected chi connectivity index (χ3v) is 11.7. The highest BCUT2D eigenvalue weighted by molar-refractivity contribution is 5.76. The first kappa shape index (κ1) is 56.3. The summed E-state index contributed by atoms with van der Waals surface area (Å²) in [6, 6.07) is -0.664. The van der Waals surface area contributed by atoms with E-state index in [0.717, 1.165) is 70.6 Å². The SMILES string of the molecule is CCCCCCCCCCCCCCCCCCC/C=C/C(O)C(CO)NC(=O)CCC/C=C\CCCCCCOC(=O)CCCCCCCCCCCCCCC. The fraction of sp³-hybridized carbons (Fsp3) is 0.885. The van der Waals surface area contributed by atoms with Crippen LogP contribution in [-0.4, -0.2) is 47.4 Å². The maximum absolute atomic E-state index is 12.4. The Morgan fingerprint density at radius 3 is 1.26 bits per heavy atom. The highest BCUT2D eigenvalue weighted by Gasteiger charge is 2.17. The third kappa shape index (κ3) is 43.9. The van der Waals surface area contributed by atoms with Crippen LogP contribution in [0.15, 0.2) is 24.3 Å². The lowest BCUT2D eigenvalue weighted by molar-refractivity contribution is -0.143. The van der Waals surface area contributed by atoms with Crippen molar-refractivity contribution in [3.8, 4) is 0 Å². The first-order valence-corrected chi connectivity index (χ1v) is 25.6. The second-order valence-electron chi connectivity index (χ2n) is 17.5. The Hall–Kier alpha value is -1.66. The summed E-state index contributed by atoms with van der Waals surface area (Å²) in [5, 5.41) is 23.0. The second-order valence-corrected chi connectivity index (χ2v) is 17.5. The Kier molecular flexibility index (Phi) is 46.6. The summed E-state index contributed by atoms with van der Waals surface area (Å²) in [7, 11) is 0. The number of aliphatic hydroxyl groups excluding tert-OH is 2. The van der Waals surface area contributed by atoms with E-state index >= 15 is 0 Å². The number of nitrogens with one attached hydrogen (secondary N) is 1. The molecule has 2 unspecified atom stereocenters. The molecule has 58 heavy (non-hydrogen) atoms. The van der Waals surface area contributed by atoms with Crippen molar-refractivity contribution >= 4 is 11.9 Å². The zero-order chi connectivity index (χ0) is 42.3. The van der Waals surface area contributed by atoms with E-state index in [1.807, 2.05) is 6.08 Å². The fourth-order valence-electron chi connectivity index (χ4n) is 7.75. The summed E-state index contributed by atoms with van der Waals surface area (Å²) in [6.45, 7) is 4.82. The molecule has 6 nitrogen and oxygen atoms in total. The monoisotopic (exact) mass is 818 g/mol. The van der Waals surface area contributed by atoms with E-state index in [-0.39, 0.29) is 18.5 Å². The minimum absolute atomic E-state index is 0.0365. The first-order valence-electron chi connectivity index (χ1n) is 25.6. The van der Waals surface area contributed by atoms with E-state index in [2.05, 4.69) is 31.3 Å². The van der Waals surface area contributed by atoms with Crippen molar-refractivity contribution in [2.24, 2.45) is 0 Å². The van der Waals surface area contributed by atoms with Gasteiger partial charge in [-0.3, -0.25) is 9.59 Å². The molecule has 0 aromatic heterocycles. The molecule has 0 aliphatic heterocycles. The molecule has 0 fully saturated rings. The Labute approximate surface area is 361 Å². The van der Waals surface area contributed by atoms with Gasteiger partial charge in [0, 0.05) is 12.8 Å². The van der Waals surface area contributed by atoms with Crippen LogP contribution >= 0.6 is 0 Å². The predicted octanol–water partition coefficient (Wildman–Crippen LogP) is 15.1. The van der Waals surface area contributed by atoms with E-state index < -0.39 is 12.1 Å². The van der Waals surface area contributed by atoms with Gasteiger partial charge < -0.3 is 20.3 Å². The molecule has 2 atom stereocenters. The van der Waals surface area contributed by atoms with Gasteiger partial charge in [0.05, 0.1) is 25.4 Å². The number of amides is 1. The molecule has 0 heterocycles. The van der Waals surface area contributed by atoms with Gasteiger partial charge in [0.1, 0.15) is 0 Å². The molecule has 342 valence electrons. The summed E-state index contributed by atoms with van der Waals surface area (Å²) < 4.78 is 5.43. The highest BCUT2D eigenvalue weighted by atomic mass is 16.5. The van der Waals surface area contributed by atoms with E-state index in [1.54, 1.807) is 6.08 Å². The van der Waals surface area contributed by atoms with E-state index in [4.69, 9.17) is 4.74 Å². The summed E-state index contributed by atoms with van der Waals surface area (Å²) in [4.78, 5) is 24.4. The summed E-state index contributed by atoms with van der Waals surface area (Å²) in [5.41, 5.74) is 0. The number of ether oxygens (including phenoxy) is 1. The zero-order valence-corrected chi connectivity index (χ0v) is 38.8. The number of rotatable bonds is 47. The van der Waals surface area contributed by atoms with E-state index in [1.165, 1.54) is 173 Å². The molecule has 0 aliphatic carbocycles. The lowest BCUT2D eigenvalue weighted by atomic mass is 10.0. The average molecular weight is 818 g/mol. The summed E-state index contributed by atoms with van der Waals surface area (Å²) >= 11 is 0. The smallest absolute Gasteiger partial charge is 0.305 e. The van der Waals surface area contributed by atoms with Gasteiger partial charge in [0.2, 0.25) is 5.91 Å². The van der Waals surface area contributed by atoms with Gasteiger partial charge in [-0.05, 0) is 51.4 Å². The Bertz CT molecular complexity index is 904. The molecule has 1 amide bonds. The Morgan fingerprint density at radius 2 is 0.828 bits per heavy atom. The van der Waals surface area contributed by atoms with E-state index in [0.29, 0.717) is 19.4 Å². The minimum Gasteiger partial charge on any atom is -0.466 e. The van der Waals surface area contributed by atoms with Gasteiger partial charge >= 0.3 is 5.97 Å². The van der Waals surface area contributed by atoms with Crippen molar-refractivity contribution in [3.05, 3.63) is 24.3 Å². The molecule has 0 saturated carbocycles. The third-order valence-electron chi connectivity index (χ3n) is 11.7. The minimum atomic E-state index is -0.874. The van der Waals surface area contributed by atoms with Crippen molar-refractivity contribution in [1.82, 2.24) is 5.32 Å². The molecule has 0 aromatic rings. The number of carbonyl (C=O) groups is 2. The van der Waals surface area contributed by atoms with Gasteiger partial charge in [-0.15, -0.1) is 0 Å². The number of unbranched alkanes of at least 4 members (excludes halogenated alkanes) is 34. The molecule has 0 saturated heterocycles. The van der Waals surface area contributed by atoms with Gasteiger partial charge in [-0.1, -0.05) is 231 Å². The van der Waals surface area contributed by atoms with Gasteiger partial charge in [-0.2, -0.15) is 0 Å². The molecular formula is C52H99NO5. The normalized spacial score (nSPS) is 12.8. The van der Waals surface area contributed by atoms with Crippen LogP contribution in [0.4, 0.5) is 0 Å². The fourth-order valence-corrected chi connectivity index (χ4v) is 7.75. The van der Waals surface area contributed by atoms with Gasteiger partial charge in [0.15, 0.2) is 0 Å². The number of carbonyl (C=O) groups excluding carboxylic acids is 2. The van der Waals surface area contributed by atoms with Gasteiger partial charge in [0.25, 0.3) is 0 Å². The van der Waals surface area contributed by atoms with Crippen molar-refractivity contribution in [3.63, 3.8) is 0 Å². The average Bonchev–Trinajstić information content (AvgIpc) is 3.22. The molecule has 0 radical (unpaired) electrons. The number of aliphatic hydroxyl groups is 2. The van der Waals surface area contributed by atoms with Gasteiger partial charge in [-0.25, -0.2) is 0 Å². The van der Waals surface area contributed by atoms with Crippen LogP contribution in [-0.2, 0) is 14.3 Å². The number of hydrogen-bond acceptors (Lipinski definition) is 5. The number of esters is 1. The Morgan fingerprint density at radius 1 is 0.466 bits per heavy atom. The van der Waals surface area contributed by atoms with Crippen LogP contribution in [0.2, 0.25) is 0 Å². The molecular weight excluding hydrogens is 719 g/mol. The zero-order valence-electron chi connectivity index (χ0n) is 38.8. The lowest BCUT2D eigenvalue weighted by Crippen LogP contribution is -2.45. The largest absolute Gasteiger partial charge is 0.466 e. The molecule has 0 aromatic carbocycles.